The molecular formula is C28H37NO7S. The molecule has 0 radical (unpaired) electrons. The van der Waals surface area contributed by atoms with Crippen LogP contribution >= 0.6 is 0 Å². The van der Waals surface area contributed by atoms with Crippen LogP contribution in [-0.2, 0) is 35.4 Å². The van der Waals surface area contributed by atoms with E-state index in [0.29, 0.717) is 19.4 Å². The summed E-state index contributed by atoms with van der Waals surface area (Å²) in [6.07, 6.45) is 6.56. The molecule has 8 nitrogen and oxygen atoms in total. The van der Waals surface area contributed by atoms with Gasteiger partial charge in [0.1, 0.15) is 10.5 Å². The van der Waals surface area contributed by atoms with Gasteiger partial charge in [-0.1, -0.05) is 36.4 Å². The Kier molecular flexibility index (Phi) is 9.23. The number of nitrogens with one attached hydrogen (secondary N) is 1. The van der Waals surface area contributed by atoms with Crippen molar-refractivity contribution in [1.29, 1.82) is 0 Å². The number of aryl methyl sites for hydroxylation is 1. The summed E-state index contributed by atoms with van der Waals surface area (Å²) in [4.78, 5) is 18.2. The lowest BCUT2D eigenvalue weighted by atomic mass is 9.97. The van der Waals surface area contributed by atoms with Gasteiger partial charge in [0.2, 0.25) is 0 Å². The topological polar surface area (TPSA) is 100 Å². The molecule has 0 spiro atoms. The molecule has 0 aromatic heterocycles. The Hall–Kier alpha value is -2.46. The minimum atomic E-state index is -3.71. The number of carbonyl (C=O) groups is 1. The lowest BCUT2D eigenvalue weighted by Crippen LogP contribution is -2.51. The number of hydroxylamine groups is 1. The first-order valence-electron chi connectivity index (χ1n) is 13.0. The van der Waals surface area contributed by atoms with E-state index in [0.717, 1.165) is 67.4 Å². The highest BCUT2D eigenvalue weighted by molar-refractivity contribution is 7.92. The molecule has 1 N–H and O–H groups in total. The third-order valence-electron chi connectivity index (χ3n) is 7.16. The fourth-order valence-corrected chi connectivity index (χ4v) is 5.28. The van der Waals surface area contributed by atoms with Crippen molar-refractivity contribution in [1.82, 2.24) is 5.48 Å². The van der Waals surface area contributed by atoms with Crippen LogP contribution in [0.15, 0.2) is 48.5 Å². The maximum atomic E-state index is 12.9. The Balaban J connectivity index is 1.34. The fourth-order valence-electron chi connectivity index (χ4n) is 4.43. The zero-order chi connectivity index (χ0) is 26.3. The van der Waals surface area contributed by atoms with Crippen LogP contribution in [0.4, 0.5) is 0 Å². The molecule has 2 heterocycles. The van der Waals surface area contributed by atoms with Crippen LogP contribution in [0.3, 0.4) is 0 Å². The van der Waals surface area contributed by atoms with Crippen LogP contribution in [-0.4, -0.2) is 51.1 Å². The van der Waals surface area contributed by atoms with Crippen LogP contribution < -0.4 is 10.2 Å². The lowest BCUT2D eigenvalue weighted by molar-refractivity contribution is -0.201. The fraction of sp³-hybridized carbons (Fsp3) is 0.536. The SMILES string of the molecule is C[C@@](CCc1ccc(-c2ccc(OC3CCCCO3)cc2)cc1)(C(=O)NOC1CCCCO1)S(C)(=O)=O. The number of rotatable bonds is 10. The maximum absolute atomic E-state index is 12.9. The van der Waals surface area contributed by atoms with Gasteiger partial charge in [0.15, 0.2) is 22.4 Å². The predicted octanol–water partition coefficient (Wildman–Crippen LogP) is 4.57. The van der Waals surface area contributed by atoms with Gasteiger partial charge in [0.05, 0.1) is 6.61 Å². The van der Waals surface area contributed by atoms with E-state index in [4.69, 9.17) is 19.0 Å². The smallest absolute Gasteiger partial charge is 0.264 e. The first kappa shape index (κ1) is 27.6. The van der Waals surface area contributed by atoms with Gasteiger partial charge in [0.25, 0.3) is 5.91 Å². The van der Waals surface area contributed by atoms with Crippen molar-refractivity contribution >= 4 is 15.7 Å². The number of ether oxygens (including phenoxy) is 3. The van der Waals surface area contributed by atoms with Gasteiger partial charge in [-0.05, 0) is 74.3 Å². The monoisotopic (exact) mass is 531 g/mol. The Morgan fingerprint density at radius 3 is 2.03 bits per heavy atom. The molecule has 2 unspecified atom stereocenters. The van der Waals surface area contributed by atoms with Gasteiger partial charge < -0.3 is 14.2 Å². The highest BCUT2D eigenvalue weighted by atomic mass is 32.2. The highest BCUT2D eigenvalue weighted by Crippen LogP contribution is 2.27. The summed E-state index contributed by atoms with van der Waals surface area (Å²) >= 11 is 0. The van der Waals surface area contributed by atoms with Crippen molar-refractivity contribution in [3.8, 4) is 16.9 Å². The largest absolute Gasteiger partial charge is 0.465 e. The summed E-state index contributed by atoms with van der Waals surface area (Å²) in [6.45, 7) is 2.75. The molecule has 2 aliphatic rings. The average Bonchev–Trinajstić information content (AvgIpc) is 2.91. The quantitative estimate of drug-likeness (QED) is 0.448. The summed E-state index contributed by atoms with van der Waals surface area (Å²) in [7, 11) is -3.71. The molecular weight excluding hydrogens is 494 g/mol. The molecule has 202 valence electrons. The van der Waals surface area contributed by atoms with E-state index in [1.165, 1.54) is 6.92 Å². The van der Waals surface area contributed by atoms with Crippen molar-refractivity contribution < 1.29 is 32.3 Å². The van der Waals surface area contributed by atoms with E-state index in [9.17, 15) is 13.2 Å². The van der Waals surface area contributed by atoms with E-state index in [1.54, 1.807) is 0 Å². The first-order chi connectivity index (χ1) is 17.7. The van der Waals surface area contributed by atoms with Gasteiger partial charge in [0, 0.05) is 25.7 Å². The summed E-state index contributed by atoms with van der Waals surface area (Å²) < 4.78 is 40.5. The van der Waals surface area contributed by atoms with Gasteiger partial charge in [-0.3, -0.25) is 4.79 Å². The van der Waals surface area contributed by atoms with E-state index < -0.39 is 26.8 Å². The second-order valence-electron chi connectivity index (χ2n) is 9.98. The second kappa shape index (κ2) is 12.4. The molecule has 2 aromatic carbocycles. The molecule has 2 saturated heterocycles. The molecule has 0 bridgehead atoms. The zero-order valence-electron chi connectivity index (χ0n) is 21.6. The normalized spacial score (nSPS) is 22.1. The number of amides is 1. The Morgan fingerprint density at radius 1 is 0.919 bits per heavy atom. The van der Waals surface area contributed by atoms with Gasteiger partial charge >= 0.3 is 0 Å². The Labute approximate surface area is 219 Å². The molecule has 9 heteroatoms. The first-order valence-corrected chi connectivity index (χ1v) is 14.9. The van der Waals surface area contributed by atoms with Gasteiger partial charge in [-0.15, -0.1) is 0 Å². The molecule has 4 rings (SSSR count). The molecule has 2 fully saturated rings. The molecule has 0 saturated carbocycles. The molecule has 2 aliphatic heterocycles. The number of carbonyl (C=O) groups excluding carboxylic acids is 1. The molecule has 2 aromatic rings. The standard InChI is InChI=1S/C28H37NO7S/c1-28(37(2,31)32,27(30)29-36-26-8-4-6-20-34-26)18-17-21-9-11-22(12-10-21)23-13-15-24(16-14-23)35-25-7-3-5-19-33-25/h9-16,25-26H,3-8,17-20H2,1-2H3,(H,29,30)/t25?,26?,28-/m1/s1. The number of sulfone groups is 1. The van der Waals surface area contributed by atoms with Crippen LogP contribution in [0.1, 0.15) is 57.4 Å². The highest BCUT2D eigenvalue weighted by Gasteiger charge is 2.43. The summed E-state index contributed by atoms with van der Waals surface area (Å²) in [5.41, 5.74) is 5.36. The van der Waals surface area contributed by atoms with Gasteiger partial charge in [-0.25, -0.2) is 18.7 Å². The zero-order valence-corrected chi connectivity index (χ0v) is 22.4. The Bertz CT molecular complexity index is 1120. The molecule has 1 amide bonds. The third-order valence-corrected chi connectivity index (χ3v) is 9.18. The second-order valence-corrected chi connectivity index (χ2v) is 12.4. The average molecular weight is 532 g/mol. The predicted molar refractivity (Wildman–Crippen MR) is 140 cm³/mol. The van der Waals surface area contributed by atoms with E-state index >= 15 is 0 Å². The number of hydrogen-bond acceptors (Lipinski definition) is 7. The summed E-state index contributed by atoms with van der Waals surface area (Å²) in [6, 6.07) is 15.8. The summed E-state index contributed by atoms with van der Waals surface area (Å²) in [5.74, 6) is 0.103. The van der Waals surface area contributed by atoms with E-state index in [1.807, 2.05) is 48.5 Å². The summed E-state index contributed by atoms with van der Waals surface area (Å²) in [5, 5.41) is 0. The van der Waals surface area contributed by atoms with Crippen LogP contribution in [0.25, 0.3) is 11.1 Å². The van der Waals surface area contributed by atoms with E-state index in [-0.39, 0.29) is 12.7 Å². The lowest BCUT2D eigenvalue weighted by Gasteiger charge is -2.28. The van der Waals surface area contributed by atoms with Crippen LogP contribution in [0.5, 0.6) is 5.75 Å². The van der Waals surface area contributed by atoms with Crippen molar-refractivity contribution in [2.24, 2.45) is 0 Å². The van der Waals surface area contributed by atoms with Crippen molar-refractivity contribution in [2.45, 2.75) is 75.6 Å². The molecule has 3 atom stereocenters. The molecule has 37 heavy (non-hydrogen) atoms. The Morgan fingerprint density at radius 2 is 1.49 bits per heavy atom. The van der Waals surface area contributed by atoms with Crippen LogP contribution in [0, 0.1) is 0 Å². The number of benzene rings is 2. The third kappa shape index (κ3) is 7.31. The van der Waals surface area contributed by atoms with Gasteiger partial charge in [-0.2, -0.15) is 0 Å². The van der Waals surface area contributed by atoms with Crippen molar-refractivity contribution in [3.05, 3.63) is 54.1 Å². The van der Waals surface area contributed by atoms with E-state index in [2.05, 4.69) is 5.48 Å². The minimum absolute atomic E-state index is 0.126. The number of hydrogen-bond donors (Lipinski definition) is 1. The van der Waals surface area contributed by atoms with Crippen molar-refractivity contribution in [2.75, 3.05) is 19.5 Å². The minimum Gasteiger partial charge on any atom is -0.465 e. The molecule has 0 aliphatic carbocycles. The maximum Gasteiger partial charge on any atom is 0.264 e. The van der Waals surface area contributed by atoms with Crippen LogP contribution in [0.2, 0.25) is 0 Å². The van der Waals surface area contributed by atoms with Crippen molar-refractivity contribution in [3.63, 3.8) is 0 Å².